The van der Waals surface area contributed by atoms with Crippen molar-refractivity contribution in [3.05, 3.63) is 65.7 Å². The van der Waals surface area contributed by atoms with Crippen molar-refractivity contribution in [3.63, 3.8) is 0 Å². The van der Waals surface area contributed by atoms with E-state index in [2.05, 4.69) is 47.2 Å². The van der Waals surface area contributed by atoms with Crippen LogP contribution in [0.25, 0.3) is 0 Å². The van der Waals surface area contributed by atoms with E-state index in [4.69, 9.17) is 10.5 Å². The van der Waals surface area contributed by atoms with E-state index in [1.807, 2.05) is 0 Å². The van der Waals surface area contributed by atoms with Gasteiger partial charge < -0.3 is 15.4 Å². The van der Waals surface area contributed by atoms with Crippen LogP contribution in [0, 0.1) is 0 Å². The molecule has 1 fully saturated rings. The highest BCUT2D eigenvalue weighted by Crippen LogP contribution is 2.23. The van der Waals surface area contributed by atoms with Crippen LogP contribution in [0.5, 0.6) is 5.75 Å². The molecule has 5 heteroatoms. The van der Waals surface area contributed by atoms with Crippen LogP contribution in [-0.2, 0) is 0 Å². The average molecular weight is 353 g/mol. The molecule has 0 bridgehead atoms. The number of rotatable bonds is 7. The van der Waals surface area contributed by atoms with Crippen molar-refractivity contribution < 1.29 is 9.53 Å². The molecular weight excluding hydrogens is 326 g/mol. The summed E-state index contributed by atoms with van der Waals surface area (Å²) in [4.78, 5) is 16.0. The number of nitrogens with zero attached hydrogens (tertiary/aromatic N) is 2. The molecule has 0 spiro atoms. The number of ether oxygens (including phenoxy) is 1. The monoisotopic (exact) mass is 353 g/mol. The number of hydrogen-bond donors (Lipinski definition) is 1. The van der Waals surface area contributed by atoms with Crippen molar-refractivity contribution in [2.75, 3.05) is 39.8 Å². The Kier molecular flexibility index (Phi) is 6.26. The quantitative estimate of drug-likeness (QED) is 0.777. The van der Waals surface area contributed by atoms with Gasteiger partial charge in [-0.2, -0.15) is 0 Å². The molecule has 0 unspecified atom stereocenters. The number of hydrogen-bond acceptors (Lipinski definition) is 4. The van der Waals surface area contributed by atoms with Crippen LogP contribution >= 0.6 is 0 Å². The summed E-state index contributed by atoms with van der Waals surface area (Å²) in [6.45, 7) is 4.91. The van der Waals surface area contributed by atoms with Crippen LogP contribution in [0.3, 0.4) is 0 Å². The fraction of sp³-hybridized carbons (Fsp3) is 0.381. The molecule has 0 aliphatic carbocycles. The third kappa shape index (κ3) is 4.84. The summed E-state index contributed by atoms with van der Waals surface area (Å²) < 4.78 is 5.78. The predicted molar refractivity (Wildman–Crippen MR) is 103 cm³/mol. The molecule has 0 saturated carbocycles. The molecule has 0 aromatic heterocycles. The Hall–Kier alpha value is -2.37. The summed E-state index contributed by atoms with van der Waals surface area (Å²) in [6, 6.07) is 18.1. The van der Waals surface area contributed by atoms with Gasteiger partial charge in [-0.1, -0.05) is 30.3 Å². The van der Waals surface area contributed by atoms with Crippen LogP contribution in [0.1, 0.15) is 28.4 Å². The lowest BCUT2D eigenvalue weighted by Crippen LogP contribution is -2.47. The lowest BCUT2D eigenvalue weighted by molar-refractivity contribution is 0.0911. The Bertz CT molecular complexity index is 703. The number of piperazine rings is 1. The molecule has 1 aliphatic rings. The first-order chi connectivity index (χ1) is 12.6. The normalized spacial score (nSPS) is 18.6. The first kappa shape index (κ1) is 18.4. The highest BCUT2D eigenvalue weighted by molar-refractivity contribution is 5.92. The van der Waals surface area contributed by atoms with E-state index in [-0.39, 0.29) is 0 Å². The van der Waals surface area contributed by atoms with E-state index < -0.39 is 5.91 Å². The molecule has 3 rings (SSSR count). The minimum absolute atomic E-state index is 0.417. The number of carbonyl (C=O) groups excluding carboxylic acids is 1. The van der Waals surface area contributed by atoms with Crippen molar-refractivity contribution in [1.82, 2.24) is 9.80 Å². The van der Waals surface area contributed by atoms with Gasteiger partial charge in [0.1, 0.15) is 5.75 Å². The molecule has 1 aliphatic heterocycles. The lowest BCUT2D eigenvalue weighted by Gasteiger charge is -2.39. The van der Waals surface area contributed by atoms with Gasteiger partial charge in [-0.15, -0.1) is 0 Å². The molecule has 138 valence electrons. The Morgan fingerprint density at radius 2 is 1.85 bits per heavy atom. The van der Waals surface area contributed by atoms with Crippen molar-refractivity contribution >= 4 is 5.91 Å². The van der Waals surface area contributed by atoms with Gasteiger partial charge >= 0.3 is 0 Å². The zero-order valence-corrected chi connectivity index (χ0v) is 15.3. The molecule has 1 amide bonds. The van der Waals surface area contributed by atoms with Gasteiger partial charge in [0, 0.05) is 37.8 Å². The number of benzene rings is 2. The van der Waals surface area contributed by atoms with Gasteiger partial charge in [0.25, 0.3) is 0 Å². The van der Waals surface area contributed by atoms with Crippen molar-refractivity contribution in [1.29, 1.82) is 0 Å². The van der Waals surface area contributed by atoms with Crippen LogP contribution in [0.4, 0.5) is 0 Å². The molecule has 1 heterocycles. The Morgan fingerprint density at radius 3 is 2.54 bits per heavy atom. The molecular formula is C21H27N3O2. The molecule has 2 aromatic rings. The Labute approximate surface area is 155 Å². The van der Waals surface area contributed by atoms with Crippen LogP contribution in [0.15, 0.2) is 54.6 Å². The van der Waals surface area contributed by atoms with Crippen LogP contribution in [0.2, 0.25) is 0 Å². The number of nitrogens with two attached hydrogens (primary N) is 1. The standard InChI is InChI=1S/C21H27N3O2/c1-23-13-14-24(16-20(23)17-6-3-2-4-7-17)12-5-15-26-19-10-8-18(9-11-19)21(22)25/h2-4,6-11,20H,5,12-16H2,1H3,(H2,22,25)/t20-/m1/s1. The summed E-state index contributed by atoms with van der Waals surface area (Å²) >= 11 is 0. The van der Waals surface area contributed by atoms with E-state index in [1.165, 1.54) is 5.56 Å². The van der Waals surface area contributed by atoms with E-state index >= 15 is 0 Å². The van der Waals surface area contributed by atoms with Crippen molar-refractivity contribution in [3.8, 4) is 5.75 Å². The Morgan fingerprint density at radius 1 is 1.12 bits per heavy atom. The topological polar surface area (TPSA) is 58.8 Å². The number of primary amides is 1. The predicted octanol–water partition coefficient (Wildman–Crippen LogP) is 2.54. The molecule has 1 atom stereocenters. The van der Waals surface area contributed by atoms with E-state index in [1.54, 1.807) is 24.3 Å². The first-order valence-electron chi connectivity index (χ1n) is 9.13. The van der Waals surface area contributed by atoms with Gasteiger partial charge in [-0.05, 0) is 43.3 Å². The van der Waals surface area contributed by atoms with Gasteiger partial charge in [0.15, 0.2) is 0 Å². The maximum Gasteiger partial charge on any atom is 0.248 e. The molecule has 1 saturated heterocycles. The molecule has 26 heavy (non-hydrogen) atoms. The molecule has 0 radical (unpaired) electrons. The van der Waals surface area contributed by atoms with Gasteiger partial charge in [-0.3, -0.25) is 9.69 Å². The summed E-state index contributed by atoms with van der Waals surface area (Å²) in [5.41, 5.74) is 7.12. The fourth-order valence-corrected chi connectivity index (χ4v) is 3.36. The number of likely N-dealkylation sites (N-methyl/N-ethyl adjacent to an activating group) is 1. The van der Waals surface area contributed by atoms with E-state index in [0.717, 1.165) is 38.3 Å². The van der Waals surface area contributed by atoms with Gasteiger partial charge in [0.05, 0.1) is 6.61 Å². The lowest BCUT2D eigenvalue weighted by atomic mass is 10.0. The minimum Gasteiger partial charge on any atom is -0.494 e. The average Bonchev–Trinajstić information content (AvgIpc) is 2.67. The van der Waals surface area contributed by atoms with Crippen LogP contribution < -0.4 is 10.5 Å². The zero-order valence-electron chi connectivity index (χ0n) is 15.3. The van der Waals surface area contributed by atoms with Crippen molar-refractivity contribution in [2.24, 2.45) is 5.73 Å². The summed E-state index contributed by atoms with van der Waals surface area (Å²) in [7, 11) is 2.20. The SMILES string of the molecule is CN1CCN(CCCOc2ccc(C(N)=O)cc2)C[C@@H]1c1ccccc1. The third-order valence-corrected chi connectivity index (χ3v) is 4.94. The smallest absolute Gasteiger partial charge is 0.248 e. The molecule has 2 N–H and O–H groups in total. The number of carbonyl (C=O) groups is 1. The second-order valence-electron chi connectivity index (χ2n) is 6.80. The summed E-state index contributed by atoms with van der Waals surface area (Å²) in [5, 5.41) is 0. The first-order valence-corrected chi connectivity index (χ1v) is 9.13. The van der Waals surface area contributed by atoms with Crippen LogP contribution in [-0.4, -0.2) is 55.5 Å². The maximum atomic E-state index is 11.1. The maximum absolute atomic E-state index is 11.1. The van der Waals surface area contributed by atoms with Crippen molar-refractivity contribution in [2.45, 2.75) is 12.5 Å². The Balaban J connectivity index is 1.44. The third-order valence-electron chi connectivity index (χ3n) is 4.94. The van der Waals surface area contributed by atoms with E-state index in [9.17, 15) is 4.79 Å². The second-order valence-corrected chi connectivity index (χ2v) is 6.80. The van der Waals surface area contributed by atoms with Gasteiger partial charge in [0.2, 0.25) is 5.91 Å². The fourth-order valence-electron chi connectivity index (χ4n) is 3.36. The highest BCUT2D eigenvalue weighted by Gasteiger charge is 2.25. The summed E-state index contributed by atoms with van der Waals surface area (Å²) in [6.07, 6.45) is 0.975. The van der Waals surface area contributed by atoms with E-state index in [0.29, 0.717) is 18.2 Å². The number of amides is 1. The summed E-state index contributed by atoms with van der Waals surface area (Å²) in [5.74, 6) is 0.357. The highest BCUT2D eigenvalue weighted by atomic mass is 16.5. The second kappa shape index (κ2) is 8.83. The largest absolute Gasteiger partial charge is 0.494 e. The zero-order chi connectivity index (χ0) is 18.4. The minimum atomic E-state index is -0.417. The molecule has 5 nitrogen and oxygen atoms in total. The molecule has 2 aromatic carbocycles. The van der Waals surface area contributed by atoms with Gasteiger partial charge in [-0.25, -0.2) is 0 Å².